The van der Waals surface area contributed by atoms with Crippen LogP contribution >= 0.6 is 0 Å². The fourth-order valence-electron chi connectivity index (χ4n) is 2.23. The average Bonchev–Trinajstić information content (AvgIpc) is 2.35. The second-order valence-corrected chi connectivity index (χ2v) is 4.60. The maximum Gasteiger partial charge on any atom is 0.133 e. The molecule has 2 aromatic carbocycles. The summed E-state index contributed by atoms with van der Waals surface area (Å²) in [6, 6.07) is 14.8. The van der Waals surface area contributed by atoms with E-state index in [1.807, 2.05) is 12.1 Å². The maximum absolute atomic E-state index is 11.4. The van der Waals surface area contributed by atoms with Crippen LogP contribution in [0, 0.1) is 5.92 Å². The molecule has 0 saturated heterocycles. The topological polar surface area (TPSA) is 17.1 Å². The number of carbonyl (C=O) groups excluding carboxylic acids is 1. The van der Waals surface area contributed by atoms with Gasteiger partial charge in [-0.3, -0.25) is 4.79 Å². The second-order valence-electron chi connectivity index (χ2n) is 4.60. The first kappa shape index (κ1) is 11.8. The first-order valence-corrected chi connectivity index (χ1v) is 6.19. The lowest BCUT2D eigenvalue weighted by Gasteiger charge is -2.11. The van der Waals surface area contributed by atoms with Crippen molar-refractivity contribution in [3.8, 4) is 0 Å². The van der Waals surface area contributed by atoms with Crippen LogP contribution in [0.2, 0.25) is 0 Å². The van der Waals surface area contributed by atoms with Gasteiger partial charge in [-0.1, -0.05) is 49.4 Å². The summed E-state index contributed by atoms with van der Waals surface area (Å²) in [6.07, 6.45) is 1.78. The molecule has 0 amide bonds. The molecule has 1 nitrogen and oxygen atoms in total. The van der Waals surface area contributed by atoms with E-state index in [1.165, 1.54) is 16.3 Å². The molecular weight excluding hydrogens is 208 g/mol. The molecule has 0 aliphatic heterocycles. The molecule has 0 N–H and O–H groups in total. The number of ketones is 1. The Morgan fingerprint density at radius 2 is 1.82 bits per heavy atom. The predicted octanol–water partition coefficient (Wildman–Crippen LogP) is 4.00. The van der Waals surface area contributed by atoms with E-state index >= 15 is 0 Å². The third-order valence-electron chi connectivity index (χ3n) is 3.36. The van der Waals surface area contributed by atoms with E-state index in [4.69, 9.17) is 0 Å². The normalized spacial score (nSPS) is 12.6. The van der Waals surface area contributed by atoms with Crippen molar-refractivity contribution in [2.24, 2.45) is 5.92 Å². The molecule has 0 radical (unpaired) electrons. The summed E-state index contributed by atoms with van der Waals surface area (Å²) in [5, 5.41) is 2.51. The largest absolute Gasteiger partial charge is 0.300 e. The van der Waals surface area contributed by atoms with Crippen molar-refractivity contribution in [2.45, 2.75) is 26.7 Å². The van der Waals surface area contributed by atoms with Crippen molar-refractivity contribution in [3.63, 3.8) is 0 Å². The van der Waals surface area contributed by atoms with E-state index in [2.05, 4.69) is 37.3 Å². The van der Waals surface area contributed by atoms with Crippen molar-refractivity contribution in [2.75, 3.05) is 0 Å². The van der Waals surface area contributed by atoms with E-state index in [-0.39, 0.29) is 5.92 Å². The summed E-state index contributed by atoms with van der Waals surface area (Å²) >= 11 is 0. The lowest BCUT2D eigenvalue weighted by atomic mass is 9.92. The Labute approximate surface area is 102 Å². The zero-order valence-corrected chi connectivity index (χ0v) is 10.4. The van der Waals surface area contributed by atoms with Gasteiger partial charge in [-0.25, -0.2) is 0 Å². The quantitative estimate of drug-likeness (QED) is 0.770. The molecule has 0 aliphatic carbocycles. The van der Waals surface area contributed by atoms with Gasteiger partial charge in [0, 0.05) is 5.92 Å². The highest BCUT2D eigenvalue weighted by atomic mass is 16.1. The number of fused-ring (bicyclic) bond motifs is 1. The van der Waals surface area contributed by atoms with Crippen LogP contribution in [0.15, 0.2) is 42.5 Å². The number of hydrogen-bond donors (Lipinski definition) is 0. The van der Waals surface area contributed by atoms with Gasteiger partial charge in [-0.2, -0.15) is 0 Å². The van der Waals surface area contributed by atoms with Gasteiger partial charge >= 0.3 is 0 Å². The molecule has 88 valence electrons. The molecular formula is C16H18O. The Morgan fingerprint density at radius 3 is 2.47 bits per heavy atom. The Bertz CT molecular complexity index is 528. The summed E-state index contributed by atoms with van der Waals surface area (Å²) in [7, 11) is 0. The van der Waals surface area contributed by atoms with Gasteiger partial charge in [-0.15, -0.1) is 0 Å². The predicted molar refractivity (Wildman–Crippen MR) is 72.1 cm³/mol. The van der Waals surface area contributed by atoms with Gasteiger partial charge in [0.15, 0.2) is 0 Å². The smallest absolute Gasteiger partial charge is 0.133 e. The van der Waals surface area contributed by atoms with E-state index in [9.17, 15) is 4.79 Å². The average molecular weight is 226 g/mol. The second kappa shape index (κ2) is 5.13. The Kier molecular flexibility index (Phi) is 3.58. The Balaban J connectivity index is 2.27. The van der Waals surface area contributed by atoms with Gasteiger partial charge in [-0.05, 0) is 36.1 Å². The van der Waals surface area contributed by atoms with Crippen molar-refractivity contribution in [1.29, 1.82) is 0 Å². The van der Waals surface area contributed by atoms with Crippen LogP contribution in [0.5, 0.6) is 0 Å². The minimum absolute atomic E-state index is 0.163. The number of hydrogen-bond acceptors (Lipinski definition) is 1. The van der Waals surface area contributed by atoms with Gasteiger partial charge in [0.25, 0.3) is 0 Å². The minimum Gasteiger partial charge on any atom is -0.300 e. The molecule has 0 bridgehead atoms. The number of rotatable bonds is 4. The van der Waals surface area contributed by atoms with Crippen molar-refractivity contribution in [1.82, 2.24) is 0 Å². The molecule has 0 spiro atoms. The molecule has 2 aromatic rings. The van der Waals surface area contributed by atoms with Gasteiger partial charge < -0.3 is 0 Å². The maximum atomic E-state index is 11.4. The van der Waals surface area contributed by atoms with Crippen molar-refractivity contribution >= 4 is 16.6 Å². The molecule has 0 aliphatic rings. The monoisotopic (exact) mass is 226 g/mol. The first-order valence-electron chi connectivity index (χ1n) is 6.19. The summed E-state index contributed by atoms with van der Waals surface area (Å²) in [5.41, 5.74) is 1.26. The highest BCUT2D eigenvalue weighted by molar-refractivity contribution is 5.83. The lowest BCUT2D eigenvalue weighted by molar-refractivity contribution is -0.120. The zero-order chi connectivity index (χ0) is 12.3. The molecule has 2 rings (SSSR count). The third kappa shape index (κ3) is 2.73. The number of carbonyl (C=O) groups is 1. The lowest BCUT2D eigenvalue weighted by Crippen LogP contribution is -2.12. The van der Waals surface area contributed by atoms with Crippen LogP contribution in [-0.4, -0.2) is 5.78 Å². The molecule has 0 fully saturated rings. The van der Waals surface area contributed by atoms with E-state index in [0.717, 1.165) is 12.8 Å². The Hall–Kier alpha value is -1.63. The van der Waals surface area contributed by atoms with Crippen LogP contribution in [0.1, 0.15) is 25.8 Å². The van der Waals surface area contributed by atoms with Gasteiger partial charge in [0.2, 0.25) is 0 Å². The molecule has 0 saturated carbocycles. The van der Waals surface area contributed by atoms with Gasteiger partial charge in [0.05, 0.1) is 0 Å². The van der Waals surface area contributed by atoms with Crippen LogP contribution in [-0.2, 0) is 11.2 Å². The molecule has 1 atom stereocenters. The van der Waals surface area contributed by atoms with Crippen LogP contribution in [0.4, 0.5) is 0 Å². The molecule has 1 heteroatoms. The van der Waals surface area contributed by atoms with Gasteiger partial charge in [0.1, 0.15) is 5.78 Å². The van der Waals surface area contributed by atoms with Crippen molar-refractivity contribution < 1.29 is 4.79 Å². The minimum atomic E-state index is 0.163. The van der Waals surface area contributed by atoms with Crippen LogP contribution < -0.4 is 0 Å². The Morgan fingerprint density at radius 1 is 1.12 bits per heavy atom. The summed E-state index contributed by atoms with van der Waals surface area (Å²) < 4.78 is 0. The highest BCUT2D eigenvalue weighted by Crippen LogP contribution is 2.19. The van der Waals surface area contributed by atoms with E-state index in [0.29, 0.717) is 5.78 Å². The zero-order valence-electron chi connectivity index (χ0n) is 10.4. The van der Waals surface area contributed by atoms with Crippen LogP contribution in [0.25, 0.3) is 10.8 Å². The SMILES string of the molecule is CC[C@@H](Cc1ccc2ccccc2c1)C(C)=O. The van der Waals surface area contributed by atoms with E-state index in [1.54, 1.807) is 6.92 Å². The van der Waals surface area contributed by atoms with E-state index < -0.39 is 0 Å². The standard InChI is InChI=1S/C16H18O/c1-3-14(12(2)17)10-13-8-9-15-6-4-5-7-16(15)11-13/h4-9,11,14H,3,10H2,1-2H3/t14-/m0/s1. The first-order chi connectivity index (χ1) is 8.20. The summed E-state index contributed by atoms with van der Waals surface area (Å²) in [4.78, 5) is 11.4. The fraction of sp³-hybridized carbons (Fsp3) is 0.312. The van der Waals surface area contributed by atoms with Crippen molar-refractivity contribution in [3.05, 3.63) is 48.0 Å². The summed E-state index contributed by atoms with van der Waals surface area (Å²) in [6.45, 7) is 3.77. The highest BCUT2D eigenvalue weighted by Gasteiger charge is 2.12. The summed E-state index contributed by atoms with van der Waals surface area (Å²) in [5.74, 6) is 0.455. The molecule has 17 heavy (non-hydrogen) atoms. The fourth-order valence-corrected chi connectivity index (χ4v) is 2.23. The molecule has 0 aromatic heterocycles. The van der Waals surface area contributed by atoms with Crippen LogP contribution in [0.3, 0.4) is 0 Å². The molecule has 0 unspecified atom stereocenters. The molecule has 0 heterocycles. The number of Topliss-reactive ketones (excluding diaryl/α,β-unsaturated/α-hetero) is 1. The third-order valence-corrected chi connectivity index (χ3v) is 3.36. The number of benzene rings is 2.